The van der Waals surface area contributed by atoms with Crippen LogP contribution in [0, 0.1) is 5.82 Å². The summed E-state index contributed by atoms with van der Waals surface area (Å²) in [5.74, 6) is -0.240. The van der Waals surface area contributed by atoms with Crippen LogP contribution < -0.4 is 0 Å². The SMILES string of the molecule is Fc1ccc(Br)cc1C(Br)c1cc(Br)c(Cl)s1. The molecule has 0 saturated heterocycles. The lowest BCUT2D eigenvalue weighted by molar-refractivity contribution is 0.613. The van der Waals surface area contributed by atoms with Crippen LogP contribution in [0.25, 0.3) is 0 Å². The molecular formula is C11H5Br3ClFS. The van der Waals surface area contributed by atoms with Crippen molar-refractivity contribution in [1.29, 1.82) is 0 Å². The molecule has 0 nitrogen and oxygen atoms in total. The highest BCUT2D eigenvalue weighted by Gasteiger charge is 2.18. The molecule has 0 aliphatic carbocycles. The average Bonchev–Trinajstić information content (AvgIpc) is 2.62. The van der Waals surface area contributed by atoms with Gasteiger partial charge in [-0.15, -0.1) is 11.3 Å². The van der Waals surface area contributed by atoms with E-state index in [0.29, 0.717) is 9.90 Å². The van der Waals surface area contributed by atoms with Gasteiger partial charge in [-0.05, 0) is 40.2 Å². The summed E-state index contributed by atoms with van der Waals surface area (Å²) in [5, 5.41) is 0. The van der Waals surface area contributed by atoms with E-state index in [1.807, 2.05) is 6.07 Å². The lowest BCUT2D eigenvalue weighted by Crippen LogP contribution is -1.94. The van der Waals surface area contributed by atoms with Crippen LogP contribution in [0.1, 0.15) is 15.3 Å². The number of benzene rings is 1. The molecule has 0 aliphatic rings. The molecule has 1 atom stereocenters. The largest absolute Gasteiger partial charge is 0.207 e. The van der Waals surface area contributed by atoms with Crippen molar-refractivity contribution in [2.45, 2.75) is 4.83 Å². The zero-order valence-corrected chi connectivity index (χ0v) is 14.5. The van der Waals surface area contributed by atoms with Crippen LogP contribution in [0.2, 0.25) is 4.34 Å². The van der Waals surface area contributed by atoms with Crippen molar-refractivity contribution in [3.8, 4) is 0 Å². The van der Waals surface area contributed by atoms with E-state index in [2.05, 4.69) is 47.8 Å². The Balaban J connectivity index is 2.42. The molecule has 6 heteroatoms. The number of hydrogen-bond acceptors (Lipinski definition) is 1. The van der Waals surface area contributed by atoms with E-state index < -0.39 is 0 Å². The highest BCUT2D eigenvalue weighted by atomic mass is 79.9. The second-order valence-electron chi connectivity index (χ2n) is 3.30. The first-order valence-corrected chi connectivity index (χ1v) is 8.22. The Morgan fingerprint density at radius 3 is 2.53 bits per heavy atom. The number of alkyl halides is 1. The number of halogens is 5. The first-order chi connectivity index (χ1) is 7.99. The molecule has 17 heavy (non-hydrogen) atoms. The smallest absolute Gasteiger partial charge is 0.127 e. The molecule has 0 fully saturated rings. The Kier molecular flexibility index (Phi) is 4.69. The molecule has 0 aliphatic heterocycles. The summed E-state index contributed by atoms with van der Waals surface area (Å²) in [6.45, 7) is 0. The van der Waals surface area contributed by atoms with E-state index in [9.17, 15) is 4.39 Å². The summed E-state index contributed by atoms with van der Waals surface area (Å²) < 4.78 is 16.1. The van der Waals surface area contributed by atoms with E-state index in [4.69, 9.17) is 11.6 Å². The normalized spacial score (nSPS) is 12.8. The lowest BCUT2D eigenvalue weighted by atomic mass is 10.1. The first-order valence-electron chi connectivity index (χ1n) is 4.53. The van der Waals surface area contributed by atoms with E-state index in [1.165, 1.54) is 17.4 Å². The van der Waals surface area contributed by atoms with E-state index in [0.717, 1.165) is 13.8 Å². The zero-order chi connectivity index (χ0) is 12.6. The Hall–Kier alpha value is 0.580. The molecule has 0 amide bonds. The molecule has 2 rings (SSSR count). The molecule has 0 radical (unpaired) electrons. The van der Waals surface area contributed by atoms with Gasteiger partial charge in [-0.25, -0.2) is 4.39 Å². The van der Waals surface area contributed by atoms with Gasteiger partial charge in [-0.2, -0.15) is 0 Å². The van der Waals surface area contributed by atoms with Crippen LogP contribution in [0.15, 0.2) is 33.2 Å². The molecule has 0 saturated carbocycles. The predicted molar refractivity (Wildman–Crippen MR) is 81.9 cm³/mol. The molecule has 0 bridgehead atoms. The molecule has 2 aromatic rings. The molecule has 1 aromatic carbocycles. The highest BCUT2D eigenvalue weighted by Crippen LogP contribution is 2.42. The van der Waals surface area contributed by atoms with Gasteiger partial charge in [0.05, 0.1) is 4.83 Å². The highest BCUT2D eigenvalue weighted by molar-refractivity contribution is 9.11. The number of thiophene rings is 1. The van der Waals surface area contributed by atoms with Crippen LogP contribution in [-0.4, -0.2) is 0 Å². The first kappa shape index (κ1) is 14.0. The van der Waals surface area contributed by atoms with Crippen LogP contribution in [-0.2, 0) is 0 Å². The number of rotatable bonds is 2. The lowest BCUT2D eigenvalue weighted by Gasteiger charge is -2.09. The second kappa shape index (κ2) is 5.70. The number of hydrogen-bond donors (Lipinski definition) is 0. The monoisotopic (exact) mass is 460 g/mol. The fourth-order valence-electron chi connectivity index (χ4n) is 1.35. The summed E-state index contributed by atoms with van der Waals surface area (Å²) in [4.78, 5) is 0.757. The molecule has 1 heterocycles. The summed E-state index contributed by atoms with van der Waals surface area (Å²) in [6, 6.07) is 6.77. The maximum Gasteiger partial charge on any atom is 0.127 e. The van der Waals surface area contributed by atoms with Gasteiger partial charge >= 0.3 is 0 Å². The molecule has 1 aromatic heterocycles. The summed E-state index contributed by atoms with van der Waals surface area (Å²) >= 11 is 17.6. The maximum absolute atomic E-state index is 13.7. The predicted octanol–water partition coefficient (Wildman–Crippen LogP) is 6.55. The van der Waals surface area contributed by atoms with Gasteiger partial charge in [0.1, 0.15) is 10.2 Å². The van der Waals surface area contributed by atoms with Gasteiger partial charge < -0.3 is 0 Å². The molecule has 0 N–H and O–H groups in total. The molecule has 1 unspecified atom stereocenters. The van der Waals surface area contributed by atoms with Crippen molar-refractivity contribution < 1.29 is 4.39 Å². The van der Waals surface area contributed by atoms with Crippen LogP contribution in [0.3, 0.4) is 0 Å². The Bertz CT molecular complexity index is 536. The fourth-order valence-corrected chi connectivity index (χ4v) is 4.23. The third-order valence-corrected chi connectivity index (χ3v) is 6.47. The van der Waals surface area contributed by atoms with Crippen molar-refractivity contribution in [2.75, 3.05) is 0 Å². The second-order valence-corrected chi connectivity index (χ2v) is 7.67. The van der Waals surface area contributed by atoms with Crippen molar-refractivity contribution in [3.05, 3.63) is 53.8 Å². The minimum absolute atomic E-state index is 0.200. The minimum atomic E-state index is -0.240. The van der Waals surface area contributed by atoms with Crippen molar-refractivity contribution in [2.24, 2.45) is 0 Å². The van der Waals surface area contributed by atoms with Gasteiger partial charge in [-0.1, -0.05) is 43.5 Å². The van der Waals surface area contributed by atoms with Crippen LogP contribution in [0.5, 0.6) is 0 Å². The van der Waals surface area contributed by atoms with Gasteiger partial charge in [0.25, 0.3) is 0 Å². The Morgan fingerprint density at radius 2 is 1.94 bits per heavy atom. The molecular weight excluding hydrogens is 458 g/mol. The van der Waals surface area contributed by atoms with E-state index >= 15 is 0 Å². The van der Waals surface area contributed by atoms with Crippen molar-refractivity contribution >= 4 is 70.7 Å². The summed E-state index contributed by atoms with van der Waals surface area (Å²) in [5.41, 5.74) is 0.588. The molecule has 90 valence electrons. The Labute approximate surface area is 133 Å². The van der Waals surface area contributed by atoms with Gasteiger partial charge in [0.2, 0.25) is 0 Å². The van der Waals surface area contributed by atoms with E-state index in [-0.39, 0.29) is 10.6 Å². The third-order valence-electron chi connectivity index (χ3n) is 2.15. The summed E-state index contributed by atoms with van der Waals surface area (Å²) in [6.07, 6.45) is 0. The molecule has 0 spiro atoms. The summed E-state index contributed by atoms with van der Waals surface area (Å²) in [7, 11) is 0. The van der Waals surface area contributed by atoms with Gasteiger partial charge in [0.15, 0.2) is 0 Å². The van der Waals surface area contributed by atoms with Gasteiger partial charge in [0, 0.05) is 19.4 Å². The average molecular weight is 463 g/mol. The van der Waals surface area contributed by atoms with E-state index in [1.54, 1.807) is 12.1 Å². The fraction of sp³-hybridized carbons (Fsp3) is 0.0909. The van der Waals surface area contributed by atoms with Crippen molar-refractivity contribution in [1.82, 2.24) is 0 Å². The van der Waals surface area contributed by atoms with Crippen LogP contribution >= 0.6 is 70.7 Å². The zero-order valence-electron chi connectivity index (χ0n) is 8.18. The maximum atomic E-state index is 13.7. The third kappa shape index (κ3) is 3.13. The topological polar surface area (TPSA) is 0 Å². The van der Waals surface area contributed by atoms with Crippen LogP contribution in [0.4, 0.5) is 4.39 Å². The standard InChI is InChI=1S/C11H5Br3ClFS/c12-5-1-2-8(16)6(3-5)10(14)9-4-7(13)11(15)17-9/h1-4,10H. The minimum Gasteiger partial charge on any atom is -0.207 e. The Morgan fingerprint density at radius 1 is 1.24 bits per heavy atom. The van der Waals surface area contributed by atoms with Gasteiger partial charge in [-0.3, -0.25) is 0 Å². The van der Waals surface area contributed by atoms with Crippen molar-refractivity contribution in [3.63, 3.8) is 0 Å². The quantitative estimate of drug-likeness (QED) is 0.443.